The molecular formula is C13H19NO. The SMILES string of the molecule is CNCC(=O)c1ccc(C(C)(C)C)cc1. The summed E-state index contributed by atoms with van der Waals surface area (Å²) in [6, 6.07) is 7.87. The Hall–Kier alpha value is -1.15. The number of carbonyl (C=O) groups is 1. The maximum Gasteiger partial charge on any atom is 0.176 e. The van der Waals surface area contributed by atoms with Gasteiger partial charge in [-0.05, 0) is 18.0 Å². The van der Waals surface area contributed by atoms with Gasteiger partial charge in [0.05, 0.1) is 6.54 Å². The van der Waals surface area contributed by atoms with Gasteiger partial charge in [0.25, 0.3) is 0 Å². The Labute approximate surface area is 91.7 Å². The summed E-state index contributed by atoms with van der Waals surface area (Å²) in [6.45, 7) is 6.89. The average Bonchev–Trinajstić information content (AvgIpc) is 2.17. The van der Waals surface area contributed by atoms with Crippen LogP contribution in [0.15, 0.2) is 24.3 Å². The lowest BCUT2D eigenvalue weighted by molar-refractivity contribution is 0.0993. The van der Waals surface area contributed by atoms with E-state index in [4.69, 9.17) is 0 Å². The Bertz CT molecular complexity index is 333. The molecule has 82 valence electrons. The molecule has 1 aromatic carbocycles. The van der Waals surface area contributed by atoms with Gasteiger partial charge in [-0.25, -0.2) is 0 Å². The van der Waals surface area contributed by atoms with E-state index in [9.17, 15) is 4.79 Å². The minimum absolute atomic E-state index is 0.137. The number of likely N-dealkylation sites (N-methyl/N-ethyl adjacent to an activating group) is 1. The summed E-state index contributed by atoms with van der Waals surface area (Å²) < 4.78 is 0. The van der Waals surface area contributed by atoms with Crippen molar-refractivity contribution in [3.8, 4) is 0 Å². The van der Waals surface area contributed by atoms with Crippen molar-refractivity contribution < 1.29 is 4.79 Å². The lowest BCUT2D eigenvalue weighted by atomic mass is 9.86. The van der Waals surface area contributed by atoms with E-state index in [0.717, 1.165) is 5.56 Å². The normalized spacial score (nSPS) is 11.5. The molecule has 0 atom stereocenters. The van der Waals surface area contributed by atoms with Crippen molar-refractivity contribution in [2.24, 2.45) is 0 Å². The highest BCUT2D eigenvalue weighted by atomic mass is 16.1. The second-order valence-electron chi connectivity index (χ2n) is 4.78. The third-order valence-electron chi connectivity index (χ3n) is 2.41. The molecule has 1 rings (SSSR count). The topological polar surface area (TPSA) is 29.1 Å². The third-order valence-corrected chi connectivity index (χ3v) is 2.41. The first-order valence-electron chi connectivity index (χ1n) is 5.23. The summed E-state index contributed by atoms with van der Waals surface area (Å²) in [5.41, 5.74) is 2.17. The molecule has 0 spiro atoms. The standard InChI is InChI=1S/C13H19NO/c1-13(2,3)11-7-5-10(6-8-11)12(15)9-14-4/h5-8,14H,9H2,1-4H3. The Morgan fingerprint density at radius 3 is 2.13 bits per heavy atom. The lowest BCUT2D eigenvalue weighted by Gasteiger charge is -2.18. The molecule has 0 amide bonds. The number of rotatable bonds is 3. The summed E-state index contributed by atoms with van der Waals surface area (Å²) in [6.07, 6.45) is 0. The fourth-order valence-corrected chi connectivity index (χ4v) is 1.42. The molecule has 0 bridgehead atoms. The smallest absolute Gasteiger partial charge is 0.176 e. The molecule has 0 aromatic heterocycles. The number of carbonyl (C=O) groups excluding carboxylic acids is 1. The molecule has 0 radical (unpaired) electrons. The van der Waals surface area contributed by atoms with Crippen LogP contribution in [-0.2, 0) is 5.41 Å². The van der Waals surface area contributed by atoms with Crippen molar-refractivity contribution >= 4 is 5.78 Å². The number of Topliss-reactive ketones (excluding diaryl/α,β-unsaturated/α-hetero) is 1. The number of ketones is 1. The predicted octanol–water partition coefficient (Wildman–Crippen LogP) is 2.39. The third kappa shape index (κ3) is 3.17. The molecule has 15 heavy (non-hydrogen) atoms. The summed E-state index contributed by atoms with van der Waals surface area (Å²) in [5, 5.41) is 2.86. The number of hydrogen-bond donors (Lipinski definition) is 1. The second kappa shape index (κ2) is 4.58. The van der Waals surface area contributed by atoms with E-state index in [2.05, 4.69) is 26.1 Å². The van der Waals surface area contributed by atoms with Crippen LogP contribution in [0.5, 0.6) is 0 Å². The molecule has 2 heteroatoms. The largest absolute Gasteiger partial charge is 0.313 e. The van der Waals surface area contributed by atoms with E-state index in [-0.39, 0.29) is 11.2 Å². The lowest BCUT2D eigenvalue weighted by Crippen LogP contribution is -2.19. The van der Waals surface area contributed by atoms with Gasteiger partial charge in [0.1, 0.15) is 0 Å². The van der Waals surface area contributed by atoms with Gasteiger partial charge in [-0.2, -0.15) is 0 Å². The van der Waals surface area contributed by atoms with Gasteiger partial charge in [-0.1, -0.05) is 45.0 Å². The van der Waals surface area contributed by atoms with E-state index < -0.39 is 0 Å². The second-order valence-corrected chi connectivity index (χ2v) is 4.78. The highest BCUT2D eigenvalue weighted by molar-refractivity contribution is 5.97. The molecule has 0 saturated heterocycles. The van der Waals surface area contributed by atoms with Crippen molar-refractivity contribution in [1.29, 1.82) is 0 Å². The molecule has 0 unspecified atom stereocenters. The maximum atomic E-state index is 11.5. The minimum atomic E-state index is 0.137. The van der Waals surface area contributed by atoms with Crippen LogP contribution in [0, 0.1) is 0 Å². The van der Waals surface area contributed by atoms with E-state index in [1.165, 1.54) is 5.56 Å². The average molecular weight is 205 g/mol. The fraction of sp³-hybridized carbons (Fsp3) is 0.462. The number of nitrogens with one attached hydrogen (secondary N) is 1. The van der Waals surface area contributed by atoms with Crippen molar-refractivity contribution in [1.82, 2.24) is 5.32 Å². The van der Waals surface area contributed by atoms with Crippen LogP contribution >= 0.6 is 0 Å². The highest BCUT2D eigenvalue weighted by Gasteiger charge is 2.13. The van der Waals surface area contributed by atoms with Gasteiger partial charge in [0.2, 0.25) is 0 Å². The van der Waals surface area contributed by atoms with Crippen molar-refractivity contribution in [3.63, 3.8) is 0 Å². The first-order valence-corrected chi connectivity index (χ1v) is 5.23. The maximum absolute atomic E-state index is 11.5. The zero-order valence-corrected chi connectivity index (χ0v) is 9.92. The van der Waals surface area contributed by atoms with Crippen molar-refractivity contribution in [3.05, 3.63) is 35.4 Å². The van der Waals surface area contributed by atoms with Crippen LogP contribution < -0.4 is 5.32 Å². The molecule has 0 aliphatic rings. The summed E-state index contributed by atoms with van der Waals surface area (Å²) in [5.74, 6) is 0.137. The molecule has 0 saturated carbocycles. The number of hydrogen-bond acceptors (Lipinski definition) is 2. The van der Waals surface area contributed by atoms with Crippen LogP contribution in [0.3, 0.4) is 0 Å². The van der Waals surface area contributed by atoms with Crippen LogP contribution in [0.25, 0.3) is 0 Å². The minimum Gasteiger partial charge on any atom is -0.313 e. The fourth-order valence-electron chi connectivity index (χ4n) is 1.42. The van der Waals surface area contributed by atoms with Gasteiger partial charge < -0.3 is 5.32 Å². The van der Waals surface area contributed by atoms with Crippen molar-refractivity contribution in [2.75, 3.05) is 13.6 Å². The Morgan fingerprint density at radius 2 is 1.73 bits per heavy atom. The quantitative estimate of drug-likeness (QED) is 0.768. The molecular weight excluding hydrogens is 186 g/mol. The van der Waals surface area contributed by atoms with E-state index in [1.54, 1.807) is 7.05 Å². The Balaban J connectivity index is 2.86. The first kappa shape index (κ1) is 11.9. The highest BCUT2D eigenvalue weighted by Crippen LogP contribution is 2.22. The zero-order chi connectivity index (χ0) is 11.5. The van der Waals surface area contributed by atoms with Gasteiger partial charge in [0, 0.05) is 5.56 Å². The van der Waals surface area contributed by atoms with Gasteiger partial charge in [-0.3, -0.25) is 4.79 Å². The van der Waals surface area contributed by atoms with E-state index >= 15 is 0 Å². The van der Waals surface area contributed by atoms with Gasteiger partial charge >= 0.3 is 0 Å². The molecule has 1 aromatic rings. The summed E-state index contributed by atoms with van der Waals surface area (Å²) in [4.78, 5) is 11.5. The van der Waals surface area contributed by atoms with Crippen LogP contribution in [0.4, 0.5) is 0 Å². The van der Waals surface area contributed by atoms with E-state index in [0.29, 0.717) is 6.54 Å². The molecule has 1 N–H and O–H groups in total. The van der Waals surface area contributed by atoms with Gasteiger partial charge in [-0.15, -0.1) is 0 Å². The van der Waals surface area contributed by atoms with Crippen LogP contribution in [0.1, 0.15) is 36.7 Å². The monoisotopic (exact) mass is 205 g/mol. The van der Waals surface area contributed by atoms with Crippen LogP contribution in [0.2, 0.25) is 0 Å². The molecule has 0 aliphatic heterocycles. The first-order chi connectivity index (χ1) is 6.95. The molecule has 2 nitrogen and oxygen atoms in total. The van der Waals surface area contributed by atoms with Crippen LogP contribution in [-0.4, -0.2) is 19.4 Å². The van der Waals surface area contributed by atoms with Crippen molar-refractivity contribution in [2.45, 2.75) is 26.2 Å². The summed E-state index contributed by atoms with van der Waals surface area (Å²) >= 11 is 0. The molecule has 0 aliphatic carbocycles. The molecule has 0 fully saturated rings. The Kier molecular flexibility index (Phi) is 3.64. The zero-order valence-electron chi connectivity index (χ0n) is 9.92. The number of benzene rings is 1. The van der Waals surface area contributed by atoms with E-state index in [1.807, 2.05) is 24.3 Å². The predicted molar refractivity (Wildman–Crippen MR) is 63.4 cm³/mol. The Morgan fingerprint density at radius 1 is 1.20 bits per heavy atom. The summed E-state index contributed by atoms with van der Waals surface area (Å²) in [7, 11) is 1.78. The van der Waals surface area contributed by atoms with Gasteiger partial charge in [0.15, 0.2) is 5.78 Å². The molecule has 0 heterocycles.